The van der Waals surface area contributed by atoms with Crippen molar-refractivity contribution in [2.75, 3.05) is 11.1 Å². The molecule has 0 aliphatic rings. The van der Waals surface area contributed by atoms with Crippen molar-refractivity contribution in [3.63, 3.8) is 0 Å². The van der Waals surface area contributed by atoms with Crippen molar-refractivity contribution in [2.45, 2.75) is 13.0 Å². The van der Waals surface area contributed by atoms with Gasteiger partial charge in [-0.15, -0.1) is 16.4 Å². The zero-order chi connectivity index (χ0) is 24.2. The van der Waals surface area contributed by atoms with E-state index in [-0.39, 0.29) is 11.7 Å². The van der Waals surface area contributed by atoms with Crippen molar-refractivity contribution in [1.29, 1.82) is 0 Å². The van der Waals surface area contributed by atoms with E-state index in [2.05, 4.69) is 15.6 Å². The van der Waals surface area contributed by atoms with Crippen LogP contribution in [0, 0.1) is 5.82 Å². The highest BCUT2D eigenvalue weighted by Gasteiger charge is 2.11. The zero-order valence-corrected chi connectivity index (χ0v) is 19.5. The Hall–Kier alpha value is -4.30. The molecule has 0 aliphatic carbocycles. The van der Waals surface area contributed by atoms with Gasteiger partial charge >= 0.3 is 0 Å². The third kappa shape index (κ3) is 5.28. The van der Waals surface area contributed by atoms with E-state index in [0.717, 1.165) is 28.0 Å². The molecule has 0 aliphatic heterocycles. The molecule has 0 unspecified atom stereocenters. The number of benzene rings is 3. The van der Waals surface area contributed by atoms with E-state index < -0.39 is 0 Å². The first-order valence-electron chi connectivity index (χ1n) is 11.0. The average Bonchev–Trinajstić information content (AvgIpc) is 3.58. The summed E-state index contributed by atoms with van der Waals surface area (Å²) in [5.41, 5.74) is 11.3. The summed E-state index contributed by atoms with van der Waals surface area (Å²) in [6.45, 7) is 0.630. The number of hydrogen-bond acceptors (Lipinski definition) is 5. The van der Waals surface area contributed by atoms with Crippen molar-refractivity contribution in [3.05, 3.63) is 107 Å². The first-order valence-corrected chi connectivity index (χ1v) is 11.9. The number of aromatic nitrogens is 3. The minimum absolute atomic E-state index is 0.241. The molecule has 3 N–H and O–H groups in total. The number of nitrogens with zero attached hydrogens (tertiary/aromatic N) is 3. The molecule has 0 radical (unpaired) electrons. The van der Waals surface area contributed by atoms with E-state index >= 15 is 0 Å². The van der Waals surface area contributed by atoms with Crippen molar-refractivity contribution in [1.82, 2.24) is 15.0 Å². The van der Waals surface area contributed by atoms with Gasteiger partial charge in [0.2, 0.25) is 0 Å². The summed E-state index contributed by atoms with van der Waals surface area (Å²) in [7, 11) is 0. The van der Waals surface area contributed by atoms with Gasteiger partial charge in [0.1, 0.15) is 11.5 Å². The first kappa shape index (κ1) is 22.5. The molecule has 174 valence electrons. The smallest absolute Gasteiger partial charge is 0.255 e. The second-order valence-corrected chi connectivity index (χ2v) is 9.00. The predicted octanol–water partition coefficient (Wildman–Crippen LogP) is 5.89. The van der Waals surface area contributed by atoms with Gasteiger partial charge in [0.05, 0.1) is 17.6 Å². The lowest BCUT2D eigenvalue weighted by Crippen LogP contribution is -2.13. The van der Waals surface area contributed by atoms with Gasteiger partial charge < -0.3 is 11.1 Å². The lowest BCUT2D eigenvalue weighted by Gasteiger charge is -2.10. The Labute approximate surface area is 205 Å². The zero-order valence-electron chi connectivity index (χ0n) is 18.7. The van der Waals surface area contributed by atoms with Gasteiger partial charge in [-0.2, -0.15) is 0 Å². The van der Waals surface area contributed by atoms with Gasteiger partial charge in [-0.3, -0.25) is 9.48 Å². The number of anilines is 2. The highest BCUT2D eigenvalue weighted by Crippen LogP contribution is 2.30. The Kier molecular flexibility index (Phi) is 6.36. The van der Waals surface area contributed by atoms with Crippen LogP contribution in [-0.4, -0.2) is 20.9 Å². The number of nitrogens with one attached hydrogen (secondary N) is 1. The van der Waals surface area contributed by atoms with Crippen LogP contribution >= 0.6 is 11.3 Å². The van der Waals surface area contributed by atoms with Crippen LogP contribution < -0.4 is 11.1 Å². The molecule has 8 heteroatoms. The topological polar surface area (TPSA) is 85.8 Å². The fourth-order valence-corrected chi connectivity index (χ4v) is 4.41. The highest BCUT2D eigenvalue weighted by atomic mass is 32.1. The monoisotopic (exact) mass is 483 g/mol. The first-order chi connectivity index (χ1) is 17.0. The van der Waals surface area contributed by atoms with Gasteiger partial charge in [0.15, 0.2) is 0 Å². The minimum Gasteiger partial charge on any atom is -0.397 e. The normalized spacial score (nSPS) is 10.9. The van der Waals surface area contributed by atoms with Crippen LogP contribution in [0.2, 0.25) is 0 Å². The van der Waals surface area contributed by atoms with Crippen molar-refractivity contribution in [2.24, 2.45) is 0 Å². The maximum absolute atomic E-state index is 13.1. The van der Waals surface area contributed by atoms with Crippen LogP contribution in [0.3, 0.4) is 0 Å². The molecule has 0 saturated heterocycles. The van der Waals surface area contributed by atoms with Crippen molar-refractivity contribution in [3.8, 4) is 21.7 Å². The number of nitrogen functional groups attached to an aromatic ring is 1. The van der Waals surface area contributed by atoms with Crippen LogP contribution in [0.25, 0.3) is 21.7 Å². The molecule has 0 atom stereocenters. The largest absolute Gasteiger partial charge is 0.397 e. The number of hydrogen-bond donors (Lipinski definition) is 2. The summed E-state index contributed by atoms with van der Waals surface area (Å²) in [4.78, 5) is 13.9. The highest BCUT2D eigenvalue weighted by molar-refractivity contribution is 7.13. The number of halogens is 1. The molecule has 0 saturated carbocycles. The van der Waals surface area contributed by atoms with Gasteiger partial charge in [-0.1, -0.05) is 41.6 Å². The summed E-state index contributed by atoms with van der Waals surface area (Å²) in [6.07, 6.45) is 2.58. The van der Waals surface area contributed by atoms with Crippen LogP contribution in [-0.2, 0) is 13.0 Å². The summed E-state index contributed by atoms with van der Waals surface area (Å²) in [5.74, 6) is -0.487. The van der Waals surface area contributed by atoms with E-state index in [1.54, 1.807) is 46.4 Å². The van der Waals surface area contributed by atoms with E-state index in [0.29, 0.717) is 29.2 Å². The Morgan fingerprint density at radius 3 is 2.51 bits per heavy atom. The maximum atomic E-state index is 13.1. The van der Waals surface area contributed by atoms with Crippen LogP contribution in [0.1, 0.15) is 15.9 Å². The predicted molar refractivity (Wildman–Crippen MR) is 138 cm³/mol. The van der Waals surface area contributed by atoms with Crippen LogP contribution in [0.15, 0.2) is 90.4 Å². The third-order valence-corrected chi connectivity index (χ3v) is 6.55. The van der Waals surface area contributed by atoms with Gasteiger partial charge in [-0.05, 0) is 65.4 Å². The van der Waals surface area contributed by atoms with E-state index in [4.69, 9.17) is 5.73 Å². The molecule has 3 aromatic carbocycles. The average molecular weight is 484 g/mol. The third-order valence-electron chi connectivity index (χ3n) is 5.63. The van der Waals surface area contributed by atoms with E-state index in [9.17, 15) is 9.18 Å². The number of aryl methyl sites for hydroxylation is 2. The summed E-state index contributed by atoms with van der Waals surface area (Å²) in [5, 5.41) is 13.3. The molecule has 0 fully saturated rings. The maximum Gasteiger partial charge on any atom is 0.255 e. The van der Waals surface area contributed by atoms with Crippen molar-refractivity contribution < 1.29 is 9.18 Å². The van der Waals surface area contributed by atoms with E-state index in [1.807, 2.05) is 48.0 Å². The molecule has 5 aromatic rings. The fourth-order valence-electron chi connectivity index (χ4n) is 3.68. The Balaban J connectivity index is 1.24. The van der Waals surface area contributed by atoms with Gasteiger partial charge in [-0.25, -0.2) is 4.39 Å². The Morgan fingerprint density at radius 2 is 1.77 bits per heavy atom. The lowest BCUT2D eigenvalue weighted by molar-refractivity contribution is 0.102. The second-order valence-electron chi connectivity index (χ2n) is 8.05. The number of amides is 1. The second kappa shape index (κ2) is 9.90. The summed E-state index contributed by atoms with van der Waals surface area (Å²) < 4.78 is 14.8. The van der Waals surface area contributed by atoms with E-state index in [1.165, 1.54) is 12.1 Å². The molecule has 5 rings (SSSR count). The van der Waals surface area contributed by atoms with Crippen molar-refractivity contribution >= 4 is 28.6 Å². The molecule has 2 heterocycles. The Bertz CT molecular complexity index is 1440. The molecule has 0 bridgehead atoms. The standard InChI is InChI=1S/C27H22FN5OS/c28-22-10-3-18(4-11-22)13-14-33-17-25(31-32-33)19-5-7-20(8-6-19)27(34)30-24-16-21(9-12-23(24)29)26-2-1-15-35-26/h1-12,15-17H,13-14,29H2,(H,30,34). The fraction of sp³-hybridized carbons (Fsp3) is 0.0741. The summed E-state index contributed by atoms with van der Waals surface area (Å²) >= 11 is 1.63. The minimum atomic E-state index is -0.246. The molecule has 0 spiro atoms. The molecule has 2 aromatic heterocycles. The number of thiophene rings is 1. The van der Waals surface area contributed by atoms with Crippen LogP contribution in [0.4, 0.5) is 15.8 Å². The SMILES string of the molecule is Nc1ccc(-c2cccs2)cc1NC(=O)c1ccc(-c2cn(CCc3ccc(F)cc3)nn2)cc1. The summed E-state index contributed by atoms with van der Waals surface area (Å²) in [6, 6.07) is 23.3. The Morgan fingerprint density at radius 1 is 1.00 bits per heavy atom. The van der Waals surface area contributed by atoms with Gasteiger partial charge in [0.25, 0.3) is 5.91 Å². The van der Waals surface area contributed by atoms with Gasteiger partial charge in [0, 0.05) is 22.5 Å². The van der Waals surface area contributed by atoms with Crippen LogP contribution in [0.5, 0.6) is 0 Å². The molecule has 6 nitrogen and oxygen atoms in total. The quantitative estimate of drug-likeness (QED) is 0.283. The number of nitrogens with two attached hydrogens (primary N) is 1. The molecule has 1 amide bonds. The lowest BCUT2D eigenvalue weighted by atomic mass is 10.1. The number of carbonyl (C=O) groups is 1. The number of carbonyl (C=O) groups excluding carboxylic acids is 1. The number of rotatable bonds is 7. The molecular formula is C27H22FN5OS. The molecular weight excluding hydrogens is 461 g/mol. The molecule has 35 heavy (non-hydrogen) atoms.